The first-order valence-corrected chi connectivity index (χ1v) is 7.97. The Kier molecular flexibility index (Phi) is 8.23. The Bertz CT molecular complexity index is 741. The molecule has 0 spiro atoms. The van der Waals surface area contributed by atoms with Crippen LogP contribution in [-0.4, -0.2) is 56.8 Å². The quantitative estimate of drug-likeness (QED) is 0.779. The van der Waals surface area contributed by atoms with E-state index in [0.717, 1.165) is 18.3 Å². The molecule has 0 saturated heterocycles. The van der Waals surface area contributed by atoms with E-state index in [2.05, 4.69) is 10.2 Å². The number of ether oxygens (including phenoxy) is 1. The van der Waals surface area contributed by atoms with Gasteiger partial charge in [0.05, 0.1) is 6.54 Å². The minimum atomic E-state index is -0.833. The lowest BCUT2D eigenvalue weighted by atomic mass is 10.1. The van der Waals surface area contributed by atoms with E-state index in [0.29, 0.717) is 31.0 Å². The second-order valence-electron chi connectivity index (χ2n) is 5.66. The van der Waals surface area contributed by atoms with Gasteiger partial charge in [-0.2, -0.15) is 0 Å². The first kappa shape index (κ1) is 21.1. The number of aryl methyl sites for hydroxylation is 2. The zero-order valence-corrected chi connectivity index (χ0v) is 15.5. The summed E-state index contributed by atoms with van der Waals surface area (Å²) in [5, 5.41) is 15.2. The molecule has 0 bridgehead atoms. The van der Waals surface area contributed by atoms with E-state index < -0.39 is 5.97 Å². The molecule has 1 amide bonds. The molecule has 2 rings (SSSR count). The van der Waals surface area contributed by atoms with Crippen molar-refractivity contribution < 1.29 is 19.4 Å². The van der Waals surface area contributed by atoms with Crippen LogP contribution in [0.2, 0.25) is 0 Å². The van der Waals surface area contributed by atoms with Gasteiger partial charge in [-0.05, 0) is 24.6 Å². The molecular weight excluding hydrogens is 338 g/mol. The highest BCUT2D eigenvalue weighted by atomic mass is 16.5. The predicted octanol–water partition coefficient (Wildman–Crippen LogP) is 0.824. The fourth-order valence-corrected chi connectivity index (χ4v) is 2.01. The monoisotopic (exact) mass is 363 g/mol. The molecule has 3 N–H and O–H groups in total. The minimum absolute atomic E-state index is 0.0967. The number of carbonyl (C=O) groups excluding carboxylic acids is 1. The van der Waals surface area contributed by atoms with Crippen molar-refractivity contribution in [2.24, 2.45) is 12.8 Å². The lowest BCUT2D eigenvalue weighted by Gasteiger charge is -2.17. The minimum Gasteiger partial charge on any atom is -0.492 e. The zero-order valence-electron chi connectivity index (χ0n) is 15.5. The van der Waals surface area contributed by atoms with Gasteiger partial charge in [0.1, 0.15) is 18.7 Å². The number of carboxylic acid groups (broad SMARTS) is 1. The van der Waals surface area contributed by atoms with E-state index in [1.54, 1.807) is 35.0 Å². The van der Waals surface area contributed by atoms with Gasteiger partial charge in [0.25, 0.3) is 11.9 Å². The molecule has 9 nitrogen and oxygen atoms in total. The summed E-state index contributed by atoms with van der Waals surface area (Å²) >= 11 is 0. The summed E-state index contributed by atoms with van der Waals surface area (Å²) < 4.78 is 7.35. The van der Waals surface area contributed by atoms with Crippen molar-refractivity contribution in [2.45, 2.75) is 20.4 Å². The van der Waals surface area contributed by atoms with Crippen molar-refractivity contribution in [1.29, 1.82) is 0 Å². The molecule has 0 aliphatic heterocycles. The van der Waals surface area contributed by atoms with Crippen molar-refractivity contribution in [3.63, 3.8) is 0 Å². The number of nitrogens with two attached hydrogens (primary N) is 1. The second-order valence-corrected chi connectivity index (χ2v) is 5.66. The second kappa shape index (κ2) is 10.1. The van der Waals surface area contributed by atoms with Crippen LogP contribution in [0.1, 0.15) is 28.7 Å². The molecule has 1 aromatic heterocycles. The largest absolute Gasteiger partial charge is 0.492 e. The summed E-state index contributed by atoms with van der Waals surface area (Å²) in [6, 6.07) is 5.41. The topological polar surface area (TPSA) is 124 Å². The summed E-state index contributed by atoms with van der Waals surface area (Å²) in [5.41, 5.74) is 6.99. The van der Waals surface area contributed by atoms with Gasteiger partial charge in [-0.15, -0.1) is 10.2 Å². The number of rotatable bonds is 6. The maximum Gasteiger partial charge on any atom is 0.300 e. The average Bonchev–Trinajstić information content (AvgIpc) is 2.98. The Labute approximate surface area is 152 Å². The van der Waals surface area contributed by atoms with Gasteiger partial charge in [0, 0.05) is 33.1 Å². The first-order valence-electron chi connectivity index (χ1n) is 7.97. The molecule has 0 radical (unpaired) electrons. The molecule has 2 aromatic rings. The van der Waals surface area contributed by atoms with Crippen LogP contribution < -0.4 is 10.5 Å². The molecule has 0 saturated carbocycles. The number of benzene rings is 1. The van der Waals surface area contributed by atoms with Crippen molar-refractivity contribution in [3.8, 4) is 5.75 Å². The number of carboxylic acids is 1. The molecule has 1 aromatic carbocycles. The smallest absolute Gasteiger partial charge is 0.300 e. The van der Waals surface area contributed by atoms with Gasteiger partial charge in [-0.1, -0.05) is 6.07 Å². The third kappa shape index (κ3) is 6.52. The molecule has 26 heavy (non-hydrogen) atoms. The lowest BCUT2D eigenvalue weighted by Crippen LogP contribution is -2.27. The van der Waals surface area contributed by atoms with E-state index in [9.17, 15) is 4.79 Å². The number of hydrogen-bond acceptors (Lipinski definition) is 6. The SMILES string of the molecule is CC(=O)O.Cc1ccc(C(=O)N(C)Cc2nncn2C)cc1OCCN. The van der Waals surface area contributed by atoms with Crippen LogP contribution in [0.15, 0.2) is 24.5 Å². The standard InChI is InChI=1S/C15H21N5O2.C2H4O2/c1-11-4-5-12(8-13(11)22-7-6-16)15(21)19(2)9-14-18-17-10-20(14)3;1-2(3)4/h4-5,8,10H,6-7,9,16H2,1-3H3;1H3,(H,3,4). The van der Waals surface area contributed by atoms with Crippen LogP contribution in [0.25, 0.3) is 0 Å². The summed E-state index contributed by atoms with van der Waals surface area (Å²) in [6.45, 7) is 4.27. The Morgan fingerprint density at radius 3 is 2.58 bits per heavy atom. The van der Waals surface area contributed by atoms with Crippen molar-refractivity contribution in [3.05, 3.63) is 41.5 Å². The van der Waals surface area contributed by atoms with Crippen LogP contribution in [0.3, 0.4) is 0 Å². The maximum absolute atomic E-state index is 12.5. The highest BCUT2D eigenvalue weighted by Crippen LogP contribution is 2.20. The number of amides is 1. The van der Waals surface area contributed by atoms with E-state index in [4.69, 9.17) is 20.4 Å². The zero-order chi connectivity index (χ0) is 19.7. The van der Waals surface area contributed by atoms with Gasteiger partial charge in [-0.3, -0.25) is 9.59 Å². The van der Waals surface area contributed by atoms with Crippen molar-refractivity contribution in [2.75, 3.05) is 20.2 Å². The van der Waals surface area contributed by atoms with Gasteiger partial charge >= 0.3 is 0 Å². The number of carbonyl (C=O) groups is 2. The fraction of sp³-hybridized carbons (Fsp3) is 0.412. The molecular formula is C17H25N5O4. The molecule has 0 unspecified atom stereocenters. The Morgan fingerprint density at radius 2 is 2.04 bits per heavy atom. The van der Waals surface area contributed by atoms with Gasteiger partial charge < -0.3 is 25.0 Å². The molecule has 142 valence electrons. The van der Waals surface area contributed by atoms with E-state index in [1.807, 2.05) is 20.0 Å². The number of nitrogens with zero attached hydrogens (tertiary/aromatic N) is 4. The van der Waals surface area contributed by atoms with Crippen LogP contribution in [0.4, 0.5) is 0 Å². The summed E-state index contributed by atoms with van der Waals surface area (Å²) in [5.74, 6) is 0.478. The highest BCUT2D eigenvalue weighted by molar-refractivity contribution is 5.94. The molecule has 1 heterocycles. The number of aromatic nitrogens is 3. The molecule has 0 aliphatic rings. The average molecular weight is 363 g/mol. The van der Waals surface area contributed by atoms with E-state index >= 15 is 0 Å². The highest BCUT2D eigenvalue weighted by Gasteiger charge is 2.15. The first-order chi connectivity index (χ1) is 12.3. The lowest BCUT2D eigenvalue weighted by molar-refractivity contribution is -0.134. The Hall–Kier alpha value is -2.94. The molecule has 9 heteroatoms. The normalized spacial score (nSPS) is 9.88. The fourth-order valence-electron chi connectivity index (χ4n) is 2.01. The van der Waals surface area contributed by atoms with E-state index in [1.165, 1.54) is 0 Å². The van der Waals surface area contributed by atoms with Gasteiger partial charge in [0.15, 0.2) is 5.82 Å². The molecule has 0 atom stereocenters. The Balaban J connectivity index is 0.000000765. The van der Waals surface area contributed by atoms with Crippen LogP contribution >= 0.6 is 0 Å². The van der Waals surface area contributed by atoms with Gasteiger partial charge in [0.2, 0.25) is 0 Å². The third-order valence-electron chi connectivity index (χ3n) is 3.34. The molecule has 0 aliphatic carbocycles. The van der Waals surface area contributed by atoms with Crippen LogP contribution in [0.5, 0.6) is 5.75 Å². The predicted molar refractivity (Wildman–Crippen MR) is 95.8 cm³/mol. The summed E-state index contributed by atoms with van der Waals surface area (Å²) in [4.78, 5) is 23.1. The number of aliphatic carboxylic acids is 1. The molecule has 0 fully saturated rings. The maximum atomic E-state index is 12.5. The van der Waals surface area contributed by atoms with E-state index in [-0.39, 0.29) is 5.91 Å². The summed E-state index contributed by atoms with van der Waals surface area (Å²) in [6.07, 6.45) is 1.61. The van der Waals surface area contributed by atoms with Crippen molar-refractivity contribution >= 4 is 11.9 Å². The summed E-state index contributed by atoms with van der Waals surface area (Å²) in [7, 11) is 3.58. The Morgan fingerprint density at radius 1 is 1.38 bits per heavy atom. The number of hydrogen-bond donors (Lipinski definition) is 2. The van der Waals surface area contributed by atoms with Crippen LogP contribution in [0, 0.1) is 6.92 Å². The van der Waals surface area contributed by atoms with Crippen molar-refractivity contribution in [1.82, 2.24) is 19.7 Å². The van der Waals surface area contributed by atoms with Gasteiger partial charge in [-0.25, -0.2) is 0 Å². The third-order valence-corrected chi connectivity index (χ3v) is 3.34. The van der Waals surface area contributed by atoms with Crippen LogP contribution in [-0.2, 0) is 18.4 Å².